The number of hydrogen-bond donors (Lipinski definition) is 2. The van der Waals surface area contributed by atoms with Gasteiger partial charge >= 0.3 is 0 Å². The number of benzene rings is 1. The van der Waals surface area contributed by atoms with Crippen LogP contribution in [0, 0.1) is 0 Å². The first kappa shape index (κ1) is 18.7. The Balaban J connectivity index is 0.00000208. The summed E-state index contributed by atoms with van der Waals surface area (Å²) in [5.74, 6) is 0.0759. The van der Waals surface area contributed by atoms with Gasteiger partial charge in [-0.3, -0.25) is 9.59 Å². The Labute approximate surface area is 148 Å². The zero-order valence-electron chi connectivity index (χ0n) is 13.6. The third-order valence-corrected chi connectivity index (χ3v) is 4.29. The maximum atomic E-state index is 12.3. The van der Waals surface area contributed by atoms with Crippen LogP contribution in [0.5, 0.6) is 0 Å². The Morgan fingerprint density at radius 1 is 1.33 bits per heavy atom. The number of amides is 2. The average molecular weight is 354 g/mol. The summed E-state index contributed by atoms with van der Waals surface area (Å²) in [6.45, 7) is 3.03. The van der Waals surface area contributed by atoms with Gasteiger partial charge in [-0.25, -0.2) is 0 Å². The quantitative estimate of drug-likeness (QED) is 0.771. The van der Waals surface area contributed by atoms with Gasteiger partial charge in [0.1, 0.15) is 6.04 Å². The smallest absolute Gasteiger partial charge is 0.239 e. The Bertz CT molecular complexity index is 576. The Morgan fingerprint density at radius 3 is 2.96 bits per heavy atom. The molecule has 1 fully saturated rings. The molecule has 0 radical (unpaired) electrons. The molecule has 0 saturated carbocycles. The van der Waals surface area contributed by atoms with Crippen molar-refractivity contribution in [2.45, 2.75) is 25.3 Å². The molecule has 7 heteroatoms. The molecule has 0 bridgehead atoms. The first-order valence-electron chi connectivity index (χ1n) is 8.23. The fourth-order valence-corrected chi connectivity index (χ4v) is 3.04. The fraction of sp³-hybridized carbons (Fsp3) is 0.529. The number of anilines is 1. The molecular formula is C17H24ClN3O3. The second-order valence-corrected chi connectivity index (χ2v) is 5.90. The van der Waals surface area contributed by atoms with Crippen molar-refractivity contribution in [3.05, 3.63) is 29.8 Å². The number of nitrogens with one attached hydrogen (secondary N) is 2. The van der Waals surface area contributed by atoms with Gasteiger partial charge in [-0.15, -0.1) is 12.4 Å². The highest BCUT2D eigenvalue weighted by atomic mass is 35.5. The van der Waals surface area contributed by atoms with E-state index in [1.807, 2.05) is 23.1 Å². The van der Waals surface area contributed by atoms with E-state index in [-0.39, 0.29) is 30.3 Å². The predicted molar refractivity (Wildman–Crippen MR) is 94.6 cm³/mol. The molecule has 2 heterocycles. The van der Waals surface area contributed by atoms with Crippen molar-refractivity contribution in [3.63, 3.8) is 0 Å². The number of rotatable bonds is 5. The summed E-state index contributed by atoms with van der Waals surface area (Å²) in [5.41, 5.74) is 2.27. The molecular weight excluding hydrogens is 330 g/mol. The lowest BCUT2D eigenvalue weighted by molar-refractivity contribution is -0.126. The summed E-state index contributed by atoms with van der Waals surface area (Å²) in [5, 5.41) is 5.98. The van der Waals surface area contributed by atoms with Gasteiger partial charge in [0.15, 0.2) is 0 Å². The molecule has 2 aliphatic heterocycles. The van der Waals surface area contributed by atoms with E-state index in [2.05, 4.69) is 16.7 Å². The number of fused-ring (bicyclic) bond motifs is 1. The van der Waals surface area contributed by atoms with Crippen molar-refractivity contribution < 1.29 is 14.3 Å². The molecule has 1 saturated heterocycles. The van der Waals surface area contributed by atoms with Crippen LogP contribution in [0.2, 0.25) is 0 Å². The Morgan fingerprint density at radius 2 is 2.17 bits per heavy atom. The third kappa shape index (κ3) is 4.47. The first-order chi connectivity index (χ1) is 11.3. The summed E-state index contributed by atoms with van der Waals surface area (Å²) in [4.78, 5) is 26.1. The molecule has 1 aromatic rings. The van der Waals surface area contributed by atoms with E-state index in [1.165, 1.54) is 5.56 Å². The molecule has 0 aromatic heterocycles. The molecule has 2 aliphatic rings. The fourth-order valence-electron chi connectivity index (χ4n) is 3.04. The monoisotopic (exact) mass is 353 g/mol. The molecule has 1 atom stereocenters. The highest BCUT2D eigenvalue weighted by molar-refractivity contribution is 5.95. The van der Waals surface area contributed by atoms with Crippen LogP contribution in [-0.4, -0.2) is 50.7 Å². The lowest BCUT2D eigenvalue weighted by Gasteiger charge is -2.23. The van der Waals surface area contributed by atoms with E-state index >= 15 is 0 Å². The number of nitrogens with zero attached hydrogens (tertiary/aromatic N) is 1. The second kappa shape index (κ2) is 9.01. The zero-order valence-corrected chi connectivity index (χ0v) is 14.4. The second-order valence-electron chi connectivity index (χ2n) is 5.90. The molecule has 1 aromatic carbocycles. The largest absolute Gasteiger partial charge is 0.378 e. The molecule has 6 nitrogen and oxygen atoms in total. The topological polar surface area (TPSA) is 70.7 Å². The Kier molecular flexibility index (Phi) is 7.02. The van der Waals surface area contributed by atoms with E-state index in [1.54, 1.807) is 0 Å². The number of ether oxygens (including phenoxy) is 1. The minimum atomic E-state index is -0.273. The van der Waals surface area contributed by atoms with Crippen molar-refractivity contribution in [3.8, 4) is 0 Å². The van der Waals surface area contributed by atoms with Gasteiger partial charge in [-0.2, -0.15) is 0 Å². The minimum Gasteiger partial charge on any atom is -0.378 e. The molecule has 0 spiro atoms. The van der Waals surface area contributed by atoms with Crippen molar-refractivity contribution >= 4 is 29.9 Å². The van der Waals surface area contributed by atoms with Gasteiger partial charge < -0.3 is 20.3 Å². The van der Waals surface area contributed by atoms with E-state index in [0.29, 0.717) is 39.1 Å². The van der Waals surface area contributed by atoms with Crippen molar-refractivity contribution in [1.82, 2.24) is 10.6 Å². The van der Waals surface area contributed by atoms with Crippen molar-refractivity contribution in [2.24, 2.45) is 0 Å². The summed E-state index contributed by atoms with van der Waals surface area (Å²) < 4.78 is 5.26. The number of morpholine rings is 1. The molecule has 1 unspecified atom stereocenters. The van der Waals surface area contributed by atoms with Gasteiger partial charge in [-0.05, 0) is 24.5 Å². The summed E-state index contributed by atoms with van der Waals surface area (Å²) in [6.07, 6.45) is 2.02. The maximum absolute atomic E-state index is 12.3. The summed E-state index contributed by atoms with van der Waals surface area (Å²) >= 11 is 0. The SMILES string of the molecule is Cl.O=C(NCCCC(=O)N1CCc2ccccc21)C1COCCN1. The highest BCUT2D eigenvalue weighted by Gasteiger charge is 2.24. The number of hydrogen-bond acceptors (Lipinski definition) is 4. The van der Waals surface area contributed by atoms with Gasteiger partial charge in [0.25, 0.3) is 0 Å². The van der Waals surface area contributed by atoms with Crippen LogP contribution in [0.4, 0.5) is 5.69 Å². The number of carbonyl (C=O) groups excluding carboxylic acids is 2. The molecule has 2 N–H and O–H groups in total. The summed E-state index contributed by atoms with van der Waals surface area (Å²) in [6, 6.07) is 7.76. The average Bonchev–Trinajstić information content (AvgIpc) is 3.03. The van der Waals surface area contributed by atoms with E-state index in [0.717, 1.165) is 18.7 Å². The zero-order chi connectivity index (χ0) is 16.1. The van der Waals surface area contributed by atoms with Gasteiger partial charge in [0.05, 0.1) is 13.2 Å². The van der Waals surface area contributed by atoms with Gasteiger partial charge in [0, 0.05) is 31.7 Å². The maximum Gasteiger partial charge on any atom is 0.239 e. The first-order valence-corrected chi connectivity index (χ1v) is 8.23. The van der Waals surface area contributed by atoms with E-state index in [9.17, 15) is 9.59 Å². The number of carbonyl (C=O) groups is 2. The van der Waals surface area contributed by atoms with Gasteiger partial charge in [0.2, 0.25) is 11.8 Å². The van der Waals surface area contributed by atoms with E-state index in [4.69, 9.17) is 4.74 Å². The van der Waals surface area contributed by atoms with Crippen molar-refractivity contribution in [2.75, 3.05) is 37.7 Å². The number of para-hydroxylation sites is 1. The molecule has 132 valence electrons. The molecule has 2 amide bonds. The molecule has 0 aliphatic carbocycles. The highest BCUT2D eigenvalue weighted by Crippen LogP contribution is 2.27. The standard InChI is InChI=1S/C17H23N3O3.ClH/c21-16(20-10-7-13-4-1-2-5-15(13)20)6-3-8-19-17(22)14-12-23-11-9-18-14;/h1-2,4-5,14,18H,3,6-12H2,(H,19,22);1H. The predicted octanol–water partition coefficient (Wildman–Crippen LogP) is 0.882. The van der Waals surface area contributed by atoms with E-state index < -0.39 is 0 Å². The van der Waals surface area contributed by atoms with Crippen LogP contribution in [0.3, 0.4) is 0 Å². The minimum absolute atomic E-state index is 0. The lowest BCUT2D eigenvalue weighted by Crippen LogP contribution is -2.51. The normalized spacial score (nSPS) is 19.3. The third-order valence-electron chi connectivity index (χ3n) is 4.29. The van der Waals surface area contributed by atoms with Crippen LogP contribution in [0.25, 0.3) is 0 Å². The summed E-state index contributed by atoms with van der Waals surface area (Å²) in [7, 11) is 0. The van der Waals surface area contributed by atoms with Crippen LogP contribution in [-0.2, 0) is 20.7 Å². The lowest BCUT2D eigenvalue weighted by atomic mass is 10.2. The van der Waals surface area contributed by atoms with Crippen LogP contribution < -0.4 is 15.5 Å². The molecule has 24 heavy (non-hydrogen) atoms. The van der Waals surface area contributed by atoms with Crippen LogP contribution in [0.15, 0.2) is 24.3 Å². The van der Waals surface area contributed by atoms with Crippen molar-refractivity contribution in [1.29, 1.82) is 0 Å². The Hall–Kier alpha value is -1.63. The number of halogens is 1. The molecule has 3 rings (SSSR count). The van der Waals surface area contributed by atoms with Crippen LogP contribution >= 0.6 is 12.4 Å². The van der Waals surface area contributed by atoms with Gasteiger partial charge in [-0.1, -0.05) is 18.2 Å². The van der Waals surface area contributed by atoms with Crippen LogP contribution in [0.1, 0.15) is 18.4 Å².